The second-order valence-electron chi connectivity index (χ2n) is 5.43. The molecule has 3 nitrogen and oxygen atoms in total. The van der Waals surface area contributed by atoms with Crippen molar-refractivity contribution >= 4 is 27.7 Å². The van der Waals surface area contributed by atoms with E-state index < -0.39 is 0 Å². The van der Waals surface area contributed by atoms with Crippen LogP contribution in [0.4, 0.5) is 0 Å². The van der Waals surface area contributed by atoms with Crippen LogP contribution in [0, 0.1) is 0 Å². The maximum absolute atomic E-state index is 4.80. The van der Waals surface area contributed by atoms with E-state index in [1.165, 1.54) is 34.5 Å². The summed E-state index contributed by atoms with van der Waals surface area (Å²) in [5.74, 6) is 0. The number of nitrogens with zero attached hydrogens (tertiary/aromatic N) is 1. The number of aromatic amines is 1. The molecule has 4 rings (SSSR count). The Hall–Kier alpha value is -1.26. The Morgan fingerprint density at radius 3 is 2.84 bits per heavy atom. The largest absolute Gasteiger partial charge is 0.353 e. The van der Waals surface area contributed by atoms with Gasteiger partial charge in [0.05, 0.1) is 12.2 Å². The summed E-state index contributed by atoms with van der Waals surface area (Å²) in [7, 11) is 0. The molecule has 0 atom stereocenters. The Morgan fingerprint density at radius 2 is 2.00 bits per heavy atom. The molecule has 98 valence electrons. The lowest BCUT2D eigenvalue weighted by Crippen LogP contribution is -2.40. The Morgan fingerprint density at radius 1 is 1.16 bits per heavy atom. The lowest BCUT2D eigenvalue weighted by molar-refractivity contribution is 0.426. The minimum Gasteiger partial charge on any atom is -0.353 e. The van der Waals surface area contributed by atoms with E-state index in [-0.39, 0.29) is 0 Å². The van der Waals surface area contributed by atoms with Crippen LogP contribution in [0.2, 0.25) is 0 Å². The molecular weight excluding hydrogens is 254 g/mol. The Balaban J connectivity index is 1.63. The van der Waals surface area contributed by atoms with Crippen LogP contribution in [0.3, 0.4) is 0 Å². The van der Waals surface area contributed by atoms with Gasteiger partial charge in [-0.3, -0.25) is 4.99 Å². The molecule has 19 heavy (non-hydrogen) atoms. The molecule has 0 amide bonds. The summed E-state index contributed by atoms with van der Waals surface area (Å²) in [6.45, 7) is 3.23. The number of rotatable bonds is 1. The Kier molecular flexibility index (Phi) is 2.67. The molecule has 4 heteroatoms. The molecule has 0 radical (unpaired) electrons. The van der Waals surface area contributed by atoms with Crippen LogP contribution in [0.5, 0.6) is 0 Å². The van der Waals surface area contributed by atoms with E-state index in [1.807, 2.05) is 11.8 Å². The van der Waals surface area contributed by atoms with Gasteiger partial charge in [0.2, 0.25) is 0 Å². The maximum Gasteiger partial charge on any atom is 0.115 e. The molecule has 2 N–H and O–H groups in total. The molecule has 1 spiro atoms. The topological polar surface area (TPSA) is 40.2 Å². The van der Waals surface area contributed by atoms with E-state index in [9.17, 15) is 0 Å². The first kappa shape index (κ1) is 11.6. The first-order valence-corrected chi connectivity index (χ1v) is 7.69. The molecule has 2 aliphatic heterocycles. The average molecular weight is 271 g/mol. The molecule has 0 unspecified atom stereocenters. The van der Waals surface area contributed by atoms with Gasteiger partial charge in [0.1, 0.15) is 5.04 Å². The number of benzene rings is 1. The second-order valence-corrected chi connectivity index (χ2v) is 6.88. The molecule has 0 saturated carbocycles. The van der Waals surface area contributed by atoms with Crippen LogP contribution in [0.15, 0.2) is 35.3 Å². The van der Waals surface area contributed by atoms with Crippen molar-refractivity contribution in [1.29, 1.82) is 0 Å². The highest BCUT2D eigenvalue weighted by Crippen LogP contribution is 2.41. The Bertz CT molecular complexity index is 605. The predicted octanol–water partition coefficient (Wildman–Crippen LogP) is 2.78. The molecule has 2 aliphatic rings. The summed E-state index contributed by atoms with van der Waals surface area (Å²) in [5.41, 5.74) is 2.38. The van der Waals surface area contributed by atoms with E-state index in [2.05, 4.69) is 40.6 Å². The van der Waals surface area contributed by atoms with Gasteiger partial charge in [-0.05, 0) is 38.1 Å². The molecule has 1 saturated heterocycles. The normalized spacial score (nSPS) is 22.0. The third-order valence-electron chi connectivity index (χ3n) is 4.10. The van der Waals surface area contributed by atoms with Crippen molar-refractivity contribution in [2.75, 3.05) is 19.6 Å². The number of hydrogen-bond donors (Lipinski definition) is 2. The molecule has 1 aromatic heterocycles. The molecule has 2 aromatic rings. The maximum atomic E-state index is 4.80. The van der Waals surface area contributed by atoms with Crippen molar-refractivity contribution < 1.29 is 0 Å². The van der Waals surface area contributed by atoms with Crippen LogP contribution in [-0.2, 0) is 0 Å². The van der Waals surface area contributed by atoms with Gasteiger partial charge in [-0.1, -0.05) is 30.0 Å². The summed E-state index contributed by atoms with van der Waals surface area (Å²) in [5, 5.41) is 5.90. The van der Waals surface area contributed by atoms with Crippen molar-refractivity contribution in [3.05, 3.63) is 36.0 Å². The fourth-order valence-corrected chi connectivity index (χ4v) is 4.25. The van der Waals surface area contributed by atoms with Crippen LogP contribution < -0.4 is 5.32 Å². The summed E-state index contributed by atoms with van der Waals surface area (Å²) < 4.78 is 0.359. The molecular formula is C15H17N3S. The quantitative estimate of drug-likeness (QED) is 0.837. The molecule has 1 fully saturated rings. The summed E-state index contributed by atoms with van der Waals surface area (Å²) in [6, 6.07) is 10.6. The van der Waals surface area contributed by atoms with Gasteiger partial charge in [0.15, 0.2) is 0 Å². The number of aliphatic imine (C=N–C) groups is 1. The number of para-hydroxylation sites is 1. The smallest absolute Gasteiger partial charge is 0.115 e. The van der Waals surface area contributed by atoms with Crippen LogP contribution in [0.25, 0.3) is 10.9 Å². The van der Waals surface area contributed by atoms with Crippen molar-refractivity contribution in [3.8, 4) is 0 Å². The summed E-state index contributed by atoms with van der Waals surface area (Å²) >= 11 is 1.98. The highest BCUT2D eigenvalue weighted by atomic mass is 32.2. The highest BCUT2D eigenvalue weighted by molar-refractivity contribution is 8.15. The van der Waals surface area contributed by atoms with Gasteiger partial charge in [-0.15, -0.1) is 0 Å². The van der Waals surface area contributed by atoms with E-state index >= 15 is 0 Å². The number of H-pyrrole nitrogens is 1. The standard InChI is InChI=1S/C15H17N3S/c1-2-4-12-11(3-1)9-13(18-12)14-17-10-15(19-14)5-7-16-8-6-15/h1-4,9,16,18H,5-8,10H2. The molecule has 0 aliphatic carbocycles. The first-order chi connectivity index (χ1) is 9.35. The highest BCUT2D eigenvalue weighted by Gasteiger charge is 2.38. The van der Waals surface area contributed by atoms with E-state index in [4.69, 9.17) is 4.99 Å². The third kappa shape index (κ3) is 1.99. The van der Waals surface area contributed by atoms with Crippen molar-refractivity contribution in [2.45, 2.75) is 17.6 Å². The van der Waals surface area contributed by atoms with E-state index in [0.29, 0.717) is 4.75 Å². The zero-order chi connectivity index (χ0) is 12.7. The van der Waals surface area contributed by atoms with Crippen molar-refractivity contribution in [3.63, 3.8) is 0 Å². The average Bonchev–Trinajstić information content (AvgIpc) is 3.04. The molecule has 1 aromatic carbocycles. The van der Waals surface area contributed by atoms with Crippen molar-refractivity contribution in [1.82, 2.24) is 10.3 Å². The number of aromatic nitrogens is 1. The number of nitrogens with one attached hydrogen (secondary N) is 2. The van der Waals surface area contributed by atoms with Crippen molar-refractivity contribution in [2.24, 2.45) is 4.99 Å². The van der Waals surface area contributed by atoms with Gasteiger partial charge in [-0.2, -0.15) is 0 Å². The lowest BCUT2D eigenvalue weighted by Gasteiger charge is -2.31. The zero-order valence-electron chi connectivity index (χ0n) is 10.8. The van der Waals surface area contributed by atoms with Gasteiger partial charge < -0.3 is 10.3 Å². The SMILES string of the molecule is c1ccc2[nH]c(C3=NCC4(CCNCC4)S3)cc2c1. The summed E-state index contributed by atoms with van der Waals surface area (Å²) in [6.07, 6.45) is 2.45. The molecule has 0 bridgehead atoms. The van der Waals surface area contributed by atoms with Gasteiger partial charge in [0.25, 0.3) is 0 Å². The van der Waals surface area contributed by atoms with Crippen LogP contribution in [0.1, 0.15) is 18.5 Å². The third-order valence-corrected chi connectivity index (χ3v) is 5.61. The van der Waals surface area contributed by atoms with Gasteiger partial charge in [0, 0.05) is 15.6 Å². The van der Waals surface area contributed by atoms with Gasteiger partial charge in [-0.25, -0.2) is 0 Å². The predicted molar refractivity (Wildman–Crippen MR) is 82.1 cm³/mol. The number of thioether (sulfide) groups is 1. The fourth-order valence-electron chi connectivity index (χ4n) is 2.96. The molecule has 3 heterocycles. The number of hydrogen-bond acceptors (Lipinski definition) is 3. The zero-order valence-corrected chi connectivity index (χ0v) is 11.6. The monoisotopic (exact) mass is 271 g/mol. The minimum atomic E-state index is 0.359. The van der Waals surface area contributed by atoms with Crippen LogP contribution >= 0.6 is 11.8 Å². The summed E-state index contributed by atoms with van der Waals surface area (Å²) in [4.78, 5) is 8.29. The Labute approximate surface area is 116 Å². The van der Waals surface area contributed by atoms with Crippen LogP contribution in [-0.4, -0.2) is 34.4 Å². The minimum absolute atomic E-state index is 0.359. The van der Waals surface area contributed by atoms with E-state index in [1.54, 1.807) is 0 Å². The second kappa shape index (κ2) is 4.39. The number of fused-ring (bicyclic) bond motifs is 1. The number of piperidine rings is 1. The fraction of sp³-hybridized carbons (Fsp3) is 0.400. The van der Waals surface area contributed by atoms with Gasteiger partial charge >= 0.3 is 0 Å². The lowest BCUT2D eigenvalue weighted by atomic mass is 9.97. The van der Waals surface area contributed by atoms with E-state index in [0.717, 1.165) is 19.6 Å². The first-order valence-electron chi connectivity index (χ1n) is 6.87.